The number of nitrogens with zero attached hydrogens (tertiary/aromatic N) is 3. The Morgan fingerprint density at radius 1 is 1.31 bits per heavy atom. The molecule has 3 nitrogen and oxygen atoms in total. The molecule has 0 atom stereocenters. The minimum atomic E-state index is 0.693. The molecule has 2 aromatic rings. The summed E-state index contributed by atoms with van der Waals surface area (Å²) in [4.78, 5) is 4.11. The molecular formula is C9H8ClN3. The summed E-state index contributed by atoms with van der Waals surface area (Å²) >= 11 is 6.01. The van der Waals surface area contributed by atoms with Crippen LogP contribution < -0.4 is 0 Å². The van der Waals surface area contributed by atoms with E-state index in [-0.39, 0.29) is 0 Å². The van der Waals surface area contributed by atoms with Crippen molar-refractivity contribution in [1.82, 2.24) is 14.8 Å². The Balaban J connectivity index is 2.59. The van der Waals surface area contributed by atoms with Gasteiger partial charge in [0.15, 0.2) is 5.82 Å². The Kier molecular flexibility index (Phi) is 2.02. The van der Waals surface area contributed by atoms with Gasteiger partial charge in [0.05, 0.1) is 5.02 Å². The van der Waals surface area contributed by atoms with E-state index in [0.717, 1.165) is 11.4 Å². The first-order chi connectivity index (χ1) is 6.29. The lowest BCUT2D eigenvalue weighted by atomic mass is 10.2. The summed E-state index contributed by atoms with van der Waals surface area (Å²) in [5, 5.41) is 4.67. The van der Waals surface area contributed by atoms with Gasteiger partial charge in [-0.1, -0.05) is 23.7 Å². The van der Waals surface area contributed by atoms with Crippen molar-refractivity contribution in [2.75, 3.05) is 0 Å². The van der Waals surface area contributed by atoms with Crippen LogP contribution in [0.4, 0.5) is 0 Å². The molecule has 0 aliphatic carbocycles. The number of hydrogen-bond donors (Lipinski definition) is 0. The highest BCUT2D eigenvalue weighted by molar-refractivity contribution is 6.33. The van der Waals surface area contributed by atoms with Gasteiger partial charge in [0.2, 0.25) is 0 Å². The highest BCUT2D eigenvalue weighted by atomic mass is 35.5. The van der Waals surface area contributed by atoms with Crippen LogP contribution in [-0.2, 0) is 7.05 Å². The average molecular weight is 194 g/mol. The lowest BCUT2D eigenvalue weighted by molar-refractivity contribution is 0.774. The first-order valence-electron chi connectivity index (χ1n) is 3.88. The average Bonchev–Trinajstić information content (AvgIpc) is 2.52. The summed E-state index contributed by atoms with van der Waals surface area (Å²) in [6.07, 6.45) is 1.51. The molecule has 66 valence electrons. The summed E-state index contributed by atoms with van der Waals surface area (Å²) in [6.45, 7) is 0. The third-order valence-corrected chi connectivity index (χ3v) is 2.16. The predicted octanol–water partition coefficient (Wildman–Crippen LogP) is 2.14. The molecule has 0 saturated heterocycles. The summed E-state index contributed by atoms with van der Waals surface area (Å²) < 4.78 is 1.70. The standard InChI is InChI=1S/C9H8ClN3/c1-13-9(11-6-12-13)7-4-2-3-5-8(7)10/h2-6H,1H3. The van der Waals surface area contributed by atoms with E-state index < -0.39 is 0 Å². The third-order valence-electron chi connectivity index (χ3n) is 1.83. The van der Waals surface area contributed by atoms with E-state index in [4.69, 9.17) is 11.6 Å². The van der Waals surface area contributed by atoms with Crippen LogP contribution in [0.25, 0.3) is 11.4 Å². The van der Waals surface area contributed by atoms with E-state index in [9.17, 15) is 0 Å². The second kappa shape index (κ2) is 3.18. The molecule has 1 aromatic carbocycles. The molecule has 13 heavy (non-hydrogen) atoms. The van der Waals surface area contributed by atoms with E-state index in [1.807, 2.05) is 31.3 Å². The fourth-order valence-electron chi connectivity index (χ4n) is 1.18. The number of halogens is 1. The van der Waals surface area contributed by atoms with Gasteiger partial charge in [-0.25, -0.2) is 9.67 Å². The normalized spacial score (nSPS) is 10.3. The zero-order valence-corrected chi connectivity index (χ0v) is 7.86. The van der Waals surface area contributed by atoms with Crippen LogP contribution in [-0.4, -0.2) is 14.8 Å². The number of rotatable bonds is 1. The summed E-state index contributed by atoms with van der Waals surface area (Å²) in [7, 11) is 1.84. The van der Waals surface area contributed by atoms with Crippen LogP contribution in [0.2, 0.25) is 5.02 Å². The largest absolute Gasteiger partial charge is 0.249 e. The Hall–Kier alpha value is -1.35. The van der Waals surface area contributed by atoms with Crippen molar-refractivity contribution in [3.05, 3.63) is 35.6 Å². The molecule has 1 aromatic heterocycles. The Labute approximate surface area is 81.0 Å². The maximum absolute atomic E-state index is 6.01. The van der Waals surface area contributed by atoms with Crippen molar-refractivity contribution < 1.29 is 0 Å². The van der Waals surface area contributed by atoms with Crippen LogP contribution in [0.15, 0.2) is 30.6 Å². The minimum Gasteiger partial charge on any atom is -0.249 e. The molecule has 0 N–H and O–H groups in total. The van der Waals surface area contributed by atoms with E-state index in [2.05, 4.69) is 10.1 Å². The first-order valence-corrected chi connectivity index (χ1v) is 4.26. The molecule has 0 fully saturated rings. The lowest BCUT2D eigenvalue weighted by Gasteiger charge is -2.01. The fourth-order valence-corrected chi connectivity index (χ4v) is 1.40. The van der Waals surface area contributed by atoms with Crippen molar-refractivity contribution in [2.45, 2.75) is 0 Å². The van der Waals surface area contributed by atoms with Crippen molar-refractivity contribution in [3.63, 3.8) is 0 Å². The Morgan fingerprint density at radius 2 is 2.08 bits per heavy atom. The zero-order chi connectivity index (χ0) is 9.26. The van der Waals surface area contributed by atoms with E-state index in [1.165, 1.54) is 6.33 Å². The molecule has 0 saturated carbocycles. The van der Waals surface area contributed by atoms with Gasteiger partial charge in [-0.05, 0) is 12.1 Å². The lowest BCUT2D eigenvalue weighted by Crippen LogP contribution is -1.94. The number of aryl methyl sites for hydroxylation is 1. The Bertz CT molecular complexity index is 422. The highest BCUT2D eigenvalue weighted by Gasteiger charge is 2.06. The molecular weight excluding hydrogens is 186 g/mol. The van der Waals surface area contributed by atoms with Crippen molar-refractivity contribution in [1.29, 1.82) is 0 Å². The topological polar surface area (TPSA) is 30.7 Å². The first kappa shape index (κ1) is 8.26. The molecule has 4 heteroatoms. The van der Waals surface area contributed by atoms with Crippen molar-refractivity contribution >= 4 is 11.6 Å². The van der Waals surface area contributed by atoms with Crippen LogP contribution in [0.3, 0.4) is 0 Å². The molecule has 0 radical (unpaired) electrons. The summed E-state index contributed by atoms with van der Waals surface area (Å²) in [5.41, 5.74) is 0.907. The maximum atomic E-state index is 6.01. The monoisotopic (exact) mass is 193 g/mol. The van der Waals surface area contributed by atoms with Gasteiger partial charge in [0, 0.05) is 12.6 Å². The molecule has 0 aliphatic heterocycles. The molecule has 0 unspecified atom stereocenters. The van der Waals surface area contributed by atoms with Gasteiger partial charge in [-0.3, -0.25) is 0 Å². The second-order valence-corrected chi connectivity index (χ2v) is 3.09. The summed E-state index contributed by atoms with van der Waals surface area (Å²) in [5.74, 6) is 0.783. The van der Waals surface area contributed by atoms with Gasteiger partial charge >= 0.3 is 0 Å². The molecule has 1 heterocycles. The maximum Gasteiger partial charge on any atom is 0.159 e. The number of aromatic nitrogens is 3. The third kappa shape index (κ3) is 1.42. The smallest absolute Gasteiger partial charge is 0.159 e. The minimum absolute atomic E-state index is 0.693. The molecule has 0 amide bonds. The zero-order valence-electron chi connectivity index (χ0n) is 7.11. The second-order valence-electron chi connectivity index (χ2n) is 2.69. The quantitative estimate of drug-likeness (QED) is 0.695. The van der Waals surface area contributed by atoms with E-state index in [0.29, 0.717) is 5.02 Å². The molecule has 0 bridgehead atoms. The number of hydrogen-bond acceptors (Lipinski definition) is 2. The summed E-state index contributed by atoms with van der Waals surface area (Å²) in [6, 6.07) is 7.58. The van der Waals surface area contributed by atoms with Gasteiger partial charge in [0.25, 0.3) is 0 Å². The highest BCUT2D eigenvalue weighted by Crippen LogP contribution is 2.24. The van der Waals surface area contributed by atoms with Gasteiger partial charge < -0.3 is 0 Å². The SMILES string of the molecule is Cn1ncnc1-c1ccccc1Cl. The van der Waals surface area contributed by atoms with Crippen LogP contribution in [0.5, 0.6) is 0 Å². The fraction of sp³-hybridized carbons (Fsp3) is 0.111. The van der Waals surface area contributed by atoms with E-state index >= 15 is 0 Å². The van der Waals surface area contributed by atoms with Crippen molar-refractivity contribution in [2.24, 2.45) is 7.05 Å². The van der Waals surface area contributed by atoms with Gasteiger partial charge in [-0.15, -0.1) is 0 Å². The molecule has 0 spiro atoms. The van der Waals surface area contributed by atoms with Crippen LogP contribution in [0, 0.1) is 0 Å². The van der Waals surface area contributed by atoms with Crippen molar-refractivity contribution in [3.8, 4) is 11.4 Å². The van der Waals surface area contributed by atoms with Gasteiger partial charge in [-0.2, -0.15) is 5.10 Å². The van der Waals surface area contributed by atoms with Crippen LogP contribution >= 0.6 is 11.6 Å². The Morgan fingerprint density at radius 3 is 2.69 bits per heavy atom. The molecule has 0 aliphatic rings. The van der Waals surface area contributed by atoms with Gasteiger partial charge in [0.1, 0.15) is 6.33 Å². The van der Waals surface area contributed by atoms with Crippen LogP contribution in [0.1, 0.15) is 0 Å². The molecule has 2 rings (SSSR count). The predicted molar refractivity (Wildman–Crippen MR) is 51.4 cm³/mol. The van der Waals surface area contributed by atoms with E-state index in [1.54, 1.807) is 4.68 Å². The number of benzene rings is 1.